The van der Waals surface area contributed by atoms with Gasteiger partial charge < -0.3 is 4.90 Å². The van der Waals surface area contributed by atoms with Gasteiger partial charge in [0.1, 0.15) is 0 Å². The van der Waals surface area contributed by atoms with Crippen LogP contribution in [-0.4, -0.2) is 32.8 Å². The number of anilines is 1. The zero-order valence-corrected chi connectivity index (χ0v) is 8.90. The molecule has 1 aliphatic rings. The van der Waals surface area contributed by atoms with Crippen LogP contribution in [-0.2, 0) is 0 Å². The van der Waals surface area contributed by atoms with Crippen LogP contribution in [0.3, 0.4) is 0 Å². The van der Waals surface area contributed by atoms with Gasteiger partial charge in [0.2, 0.25) is 5.95 Å². The van der Waals surface area contributed by atoms with Gasteiger partial charge in [-0.25, -0.2) is 9.97 Å². The molecule has 1 saturated heterocycles. The highest BCUT2D eigenvalue weighted by atomic mass is 15.3. The van der Waals surface area contributed by atoms with E-state index in [1.165, 1.54) is 0 Å². The van der Waals surface area contributed by atoms with Gasteiger partial charge in [-0.3, -0.25) is 4.68 Å². The molecule has 5 nitrogen and oxygen atoms in total. The molecule has 1 atom stereocenters. The third-order valence-corrected chi connectivity index (χ3v) is 2.90. The van der Waals surface area contributed by atoms with Crippen molar-refractivity contribution in [1.82, 2.24) is 19.7 Å². The highest BCUT2D eigenvalue weighted by molar-refractivity contribution is 5.30. The van der Waals surface area contributed by atoms with Crippen LogP contribution in [0.15, 0.2) is 36.9 Å². The van der Waals surface area contributed by atoms with Gasteiger partial charge in [0.15, 0.2) is 0 Å². The van der Waals surface area contributed by atoms with Crippen LogP contribution in [0.5, 0.6) is 0 Å². The number of hydrogen-bond donors (Lipinski definition) is 0. The molecule has 82 valence electrons. The predicted octanol–water partition coefficient (Wildman–Crippen LogP) is 1.12. The Morgan fingerprint density at radius 3 is 2.75 bits per heavy atom. The first-order valence-electron chi connectivity index (χ1n) is 5.44. The van der Waals surface area contributed by atoms with Gasteiger partial charge >= 0.3 is 0 Å². The Hall–Kier alpha value is -1.91. The van der Waals surface area contributed by atoms with Crippen molar-refractivity contribution in [2.24, 2.45) is 0 Å². The summed E-state index contributed by atoms with van der Waals surface area (Å²) in [5, 5.41) is 4.28. The first-order chi connectivity index (χ1) is 7.93. The van der Waals surface area contributed by atoms with Gasteiger partial charge in [0, 0.05) is 37.9 Å². The summed E-state index contributed by atoms with van der Waals surface area (Å²) in [7, 11) is 0. The maximum atomic E-state index is 4.28. The molecule has 1 aliphatic heterocycles. The van der Waals surface area contributed by atoms with Crippen LogP contribution in [0, 0.1) is 0 Å². The van der Waals surface area contributed by atoms with Crippen LogP contribution in [0.1, 0.15) is 12.5 Å². The number of hydrogen-bond acceptors (Lipinski definition) is 4. The average Bonchev–Trinajstić information content (AvgIpc) is 3.01. The van der Waals surface area contributed by atoms with Gasteiger partial charge in [-0.15, -0.1) is 0 Å². The van der Waals surface area contributed by atoms with E-state index >= 15 is 0 Å². The van der Waals surface area contributed by atoms with E-state index in [9.17, 15) is 0 Å². The molecule has 2 aromatic heterocycles. The van der Waals surface area contributed by atoms with E-state index in [-0.39, 0.29) is 0 Å². The molecule has 0 aliphatic carbocycles. The molecule has 0 N–H and O–H groups in total. The molecule has 5 heteroatoms. The number of nitrogens with zero attached hydrogens (tertiary/aromatic N) is 5. The molecular formula is C11H13N5. The lowest BCUT2D eigenvalue weighted by molar-refractivity contribution is 0.494. The van der Waals surface area contributed by atoms with E-state index in [1.54, 1.807) is 12.4 Å². The predicted molar refractivity (Wildman–Crippen MR) is 60.1 cm³/mol. The highest BCUT2D eigenvalue weighted by Crippen LogP contribution is 2.23. The minimum atomic E-state index is 0.443. The van der Waals surface area contributed by atoms with E-state index in [0.717, 1.165) is 25.5 Å². The van der Waals surface area contributed by atoms with Crippen LogP contribution < -0.4 is 4.90 Å². The molecule has 2 aromatic rings. The normalized spacial score (nSPS) is 20.2. The minimum Gasteiger partial charge on any atom is -0.339 e. The Bertz CT molecular complexity index is 439. The summed E-state index contributed by atoms with van der Waals surface area (Å²) < 4.78 is 2.02. The number of aromatic nitrogens is 4. The smallest absolute Gasteiger partial charge is 0.225 e. The highest BCUT2D eigenvalue weighted by Gasteiger charge is 2.25. The summed E-state index contributed by atoms with van der Waals surface area (Å²) in [6.45, 7) is 1.93. The average molecular weight is 215 g/mol. The minimum absolute atomic E-state index is 0.443. The van der Waals surface area contributed by atoms with Crippen molar-refractivity contribution in [2.75, 3.05) is 18.0 Å². The Kier molecular flexibility index (Phi) is 2.29. The molecule has 0 radical (unpaired) electrons. The Morgan fingerprint density at radius 1 is 1.12 bits per heavy atom. The molecule has 3 rings (SSSR count). The second-order valence-electron chi connectivity index (χ2n) is 3.92. The first-order valence-corrected chi connectivity index (χ1v) is 5.44. The van der Waals surface area contributed by atoms with Crippen molar-refractivity contribution in [3.8, 4) is 0 Å². The third-order valence-electron chi connectivity index (χ3n) is 2.90. The summed E-state index contributed by atoms with van der Waals surface area (Å²) in [6.07, 6.45) is 8.49. The monoisotopic (exact) mass is 215 g/mol. The maximum absolute atomic E-state index is 4.28. The SMILES string of the molecule is c1cnc(N2CCC(n3cccn3)C2)nc1. The second kappa shape index (κ2) is 3.92. The molecule has 1 fully saturated rings. The molecule has 0 saturated carbocycles. The molecule has 16 heavy (non-hydrogen) atoms. The fraction of sp³-hybridized carbons (Fsp3) is 0.364. The largest absolute Gasteiger partial charge is 0.339 e. The maximum Gasteiger partial charge on any atom is 0.225 e. The van der Waals surface area contributed by atoms with Crippen molar-refractivity contribution in [3.05, 3.63) is 36.9 Å². The van der Waals surface area contributed by atoms with Gasteiger partial charge in [0.05, 0.1) is 6.04 Å². The van der Waals surface area contributed by atoms with Gasteiger partial charge in [-0.05, 0) is 18.6 Å². The molecule has 1 unspecified atom stereocenters. The standard InChI is InChI=1S/C11H13N5/c1-4-12-11(13-5-1)15-8-3-10(9-15)16-7-2-6-14-16/h1-2,4-7,10H,3,8-9H2. The fourth-order valence-corrected chi connectivity index (χ4v) is 2.09. The summed E-state index contributed by atoms with van der Waals surface area (Å²) in [5.74, 6) is 0.817. The van der Waals surface area contributed by atoms with Gasteiger partial charge in [0.25, 0.3) is 0 Å². The summed E-state index contributed by atoms with van der Waals surface area (Å²) in [6, 6.07) is 4.24. The lowest BCUT2D eigenvalue weighted by Gasteiger charge is -2.15. The van der Waals surface area contributed by atoms with E-state index in [4.69, 9.17) is 0 Å². The lowest BCUT2D eigenvalue weighted by atomic mass is 10.3. The number of rotatable bonds is 2. The van der Waals surface area contributed by atoms with Crippen LogP contribution in [0.2, 0.25) is 0 Å². The molecular weight excluding hydrogens is 202 g/mol. The Balaban J connectivity index is 1.74. The zero-order chi connectivity index (χ0) is 10.8. The van der Waals surface area contributed by atoms with Crippen LogP contribution in [0.25, 0.3) is 0 Å². The first kappa shape index (κ1) is 9.33. The second-order valence-corrected chi connectivity index (χ2v) is 3.92. The van der Waals surface area contributed by atoms with Gasteiger partial charge in [-0.1, -0.05) is 0 Å². The Labute approximate surface area is 93.7 Å². The zero-order valence-electron chi connectivity index (χ0n) is 8.90. The van der Waals surface area contributed by atoms with Crippen molar-refractivity contribution in [1.29, 1.82) is 0 Å². The van der Waals surface area contributed by atoms with E-state index < -0.39 is 0 Å². The quantitative estimate of drug-likeness (QED) is 0.753. The van der Waals surface area contributed by atoms with E-state index in [2.05, 4.69) is 20.0 Å². The molecule has 3 heterocycles. The molecule has 0 aromatic carbocycles. The fourth-order valence-electron chi connectivity index (χ4n) is 2.09. The molecule has 0 amide bonds. The topological polar surface area (TPSA) is 46.8 Å². The van der Waals surface area contributed by atoms with Crippen molar-refractivity contribution in [3.63, 3.8) is 0 Å². The van der Waals surface area contributed by atoms with E-state index in [0.29, 0.717) is 6.04 Å². The van der Waals surface area contributed by atoms with Crippen LogP contribution >= 0.6 is 0 Å². The lowest BCUT2D eigenvalue weighted by Crippen LogP contribution is -2.22. The van der Waals surface area contributed by atoms with Crippen LogP contribution in [0.4, 0.5) is 5.95 Å². The van der Waals surface area contributed by atoms with Gasteiger partial charge in [-0.2, -0.15) is 5.10 Å². The summed E-state index contributed by atoms with van der Waals surface area (Å²) in [5.41, 5.74) is 0. The summed E-state index contributed by atoms with van der Waals surface area (Å²) in [4.78, 5) is 10.7. The molecule has 0 spiro atoms. The van der Waals surface area contributed by atoms with Crippen molar-refractivity contribution >= 4 is 5.95 Å². The van der Waals surface area contributed by atoms with Crippen molar-refractivity contribution < 1.29 is 0 Å². The van der Waals surface area contributed by atoms with E-state index in [1.807, 2.05) is 29.2 Å². The molecule has 0 bridgehead atoms. The van der Waals surface area contributed by atoms with Crippen molar-refractivity contribution in [2.45, 2.75) is 12.5 Å². The summed E-state index contributed by atoms with van der Waals surface area (Å²) >= 11 is 0. The third kappa shape index (κ3) is 1.64. The Morgan fingerprint density at radius 2 is 2.00 bits per heavy atom.